The Kier molecular flexibility index (Phi) is 5.50. The molecule has 0 saturated carbocycles. The van der Waals surface area contributed by atoms with Crippen LogP contribution in [0.4, 0.5) is 0 Å². The third-order valence-electron chi connectivity index (χ3n) is 4.84. The molecule has 0 aliphatic carbocycles. The summed E-state index contributed by atoms with van der Waals surface area (Å²) in [6.45, 7) is 2.58. The first-order valence-corrected chi connectivity index (χ1v) is 9.64. The minimum atomic E-state index is -0.892. The fourth-order valence-electron chi connectivity index (χ4n) is 3.51. The number of benzene rings is 2. The first kappa shape index (κ1) is 19.7. The van der Waals surface area contributed by atoms with Gasteiger partial charge in [0.05, 0.1) is 12.1 Å². The van der Waals surface area contributed by atoms with E-state index in [0.717, 1.165) is 39.1 Å². The molecule has 2 aromatic carbocycles. The highest BCUT2D eigenvalue weighted by Crippen LogP contribution is 2.33. The molecule has 0 aliphatic heterocycles. The predicted molar refractivity (Wildman–Crippen MR) is 114 cm³/mol. The average Bonchev–Trinajstić information content (AvgIpc) is 3.12. The largest absolute Gasteiger partial charge is 0.489 e. The fraction of sp³-hybridized carbons (Fsp3) is 0.167. The number of hydrogen-bond donors (Lipinski definition) is 2. The van der Waals surface area contributed by atoms with Crippen LogP contribution in [0.5, 0.6) is 5.75 Å². The average molecular weight is 402 g/mol. The predicted octanol–water partition coefficient (Wildman–Crippen LogP) is 4.47. The Morgan fingerprint density at radius 3 is 2.80 bits per heavy atom. The maximum atomic E-state index is 11.1. The van der Waals surface area contributed by atoms with E-state index in [1.807, 2.05) is 49.4 Å². The summed E-state index contributed by atoms with van der Waals surface area (Å²) in [6.07, 6.45) is 1.66. The quantitative estimate of drug-likeness (QED) is 0.473. The number of carbonyl (C=O) groups is 1. The van der Waals surface area contributed by atoms with Crippen molar-refractivity contribution in [1.82, 2.24) is 4.98 Å². The molecule has 4 aromatic rings. The number of fused-ring (bicyclic) bond motifs is 1. The molecule has 6 nitrogen and oxygen atoms in total. The van der Waals surface area contributed by atoms with Crippen LogP contribution in [0.1, 0.15) is 22.6 Å². The summed E-state index contributed by atoms with van der Waals surface area (Å²) in [6, 6.07) is 17.1. The minimum Gasteiger partial charge on any atom is -0.489 e. The van der Waals surface area contributed by atoms with Gasteiger partial charge in [-0.1, -0.05) is 18.2 Å². The second kappa shape index (κ2) is 8.39. The monoisotopic (exact) mass is 402 g/mol. The molecule has 30 heavy (non-hydrogen) atoms. The minimum absolute atomic E-state index is 0.0831. The summed E-state index contributed by atoms with van der Waals surface area (Å²) < 4.78 is 11.9. The highest BCUT2D eigenvalue weighted by molar-refractivity contribution is 5.93. The van der Waals surface area contributed by atoms with Gasteiger partial charge >= 0.3 is 5.97 Å². The van der Waals surface area contributed by atoms with Gasteiger partial charge in [0.25, 0.3) is 0 Å². The van der Waals surface area contributed by atoms with Crippen LogP contribution < -0.4 is 10.5 Å². The van der Waals surface area contributed by atoms with Gasteiger partial charge in [0.15, 0.2) is 0 Å². The summed E-state index contributed by atoms with van der Waals surface area (Å²) in [5.74, 6) is 0.500. The molecule has 0 spiro atoms. The summed E-state index contributed by atoms with van der Waals surface area (Å²) >= 11 is 0. The number of aromatic nitrogens is 1. The van der Waals surface area contributed by atoms with E-state index in [2.05, 4.69) is 4.98 Å². The summed E-state index contributed by atoms with van der Waals surface area (Å²) in [5, 5.41) is 10.1. The van der Waals surface area contributed by atoms with Gasteiger partial charge in [-0.05, 0) is 54.4 Å². The number of rotatable bonds is 7. The van der Waals surface area contributed by atoms with E-state index in [1.54, 1.807) is 18.3 Å². The molecule has 4 rings (SSSR count). The highest BCUT2D eigenvalue weighted by Gasteiger charge is 2.13. The zero-order valence-electron chi connectivity index (χ0n) is 16.6. The third kappa shape index (κ3) is 4.18. The van der Waals surface area contributed by atoms with Gasteiger partial charge in [0, 0.05) is 29.3 Å². The molecule has 0 radical (unpaired) electrons. The summed E-state index contributed by atoms with van der Waals surface area (Å²) in [5.41, 5.74) is 10.9. The second-order valence-corrected chi connectivity index (χ2v) is 7.13. The van der Waals surface area contributed by atoms with Crippen molar-refractivity contribution in [2.45, 2.75) is 26.5 Å². The van der Waals surface area contributed by atoms with E-state index in [-0.39, 0.29) is 6.42 Å². The van der Waals surface area contributed by atoms with Crippen LogP contribution in [-0.2, 0) is 24.4 Å². The second-order valence-electron chi connectivity index (χ2n) is 7.13. The normalized spacial score (nSPS) is 11.0. The van der Waals surface area contributed by atoms with Crippen LogP contribution in [0, 0.1) is 6.92 Å². The van der Waals surface area contributed by atoms with Crippen LogP contribution in [0.3, 0.4) is 0 Å². The third-order valence-corrected chi connectivity index (χ3v) is 4.84. The molecule has 3 N–H and O–H groups in total. The number of hydrogen-bond acceptors (Lipinski definition) is 5. The topological polar surface area (TPSA) is 98.6 Å². The zero-order chi connectivity index (χ0) is 21.1. The van der Waals surface area contributed by atoms with Gasteiger partial charge in [-0.3, -0.25) is 9.78 Å². The first-order chi connectivity index (χ1) is 14.5. The number of aliphatic carboxylic acids is 1. The Balaban J connectivity index is 1.70. The molecule has 0 saturated heterocycles. The lowest BCUT2D eigenvalue weighted by atomic mass is 10.0. The Labute approximate surface area is 173 Å². The molecular weight excluding hydrogens is 380 g/mol. The van der Waals surface area contributed by atoms with Crippen LogP contribution in [0.2, 0.25) is 0 Å². The maximum Gasteiger partial charge on any atom is 0.307 e. The molecule has 2 aromatic heterocycles. The van der Waals surface area contributed by atoms with E-state index in [0.29, 0.717) is 24.5 Å². The lowest BCUT2D eigenvalue weighted by Gasteiger charge is -2.12. The van der Waals surface area contributed by atoms with Crippen LogP contribution >= 0.6 is 0 Å². The van der Waals surface area contributed by atoms with Crippen molar-refractivity contribution in [2.75, 3.05) is 0 Å². The number of nitrogens with zero attached hydrogens (tertiary/aromatic N) is 1. The van der Waals surface area contributed by atoms with Crippen molar-refractivity contribution in [1.29, 1.82) is 0 Å². The summed E-state index contributed by atoms with van der Waals surface area (Å²) in [7, 11) is 0. The van der Waals surface area contributed by atoms with Gasteiger partial charge in [0.2, 0.25) is 0 Å². The first-order valence-electron chi connectivity index (χ1n) is 9.64. The molecule has 0 bridgehead atoms. The SMILES string of the molecule is Cc1cc2cc(COc3ccccc3CC(=O)O)cc(-c3ccnc(CN)c3)c2o1. The maximum absolute atomic E-state index is 11.1. The molecule has 2 heterocycles. The fourth-order valence-corrected chi connectivity index (χ4v) is 3.51. The van der Waals surface area contributed by atoms with Crippen molar-refractivity contribution in [3.05, 3.63) is 83.4 Å². The molecule has 0 fully saturated rings. The molecule has 0 atom stereocenters. The Morgan fingerprint density at radius 1 is 1.17 bits per heavy atom. The number of pyridine rings is 1. The zero-order valence-corrected chi connectivity index (χ0v) is 16.6. The highest BCUT2D eigenvalue weighted by atomic mass is 16.5. The van der Waals surface area contributed by atoms with E-state index in [1.165, 1.54) is 0 Å². The van der Waals surface area contributed by atoms with E-state index >= 15 is 0 Å². The molecule has 0 aliphatic rings. The molecular formula is C24H22N2O4. The molecule has 6 heteroatoms. The number of aryl methyl sites for hydroxylation is 1. The Bertz CT molecular complexity index is 1210. The van der Waals surface area contributed by atoms with Crippen molar-refractivity contribution >= 4 is 16.9 Å². The van der Waals surface area contributed by atoms with Crippen molar-refractivity contribution in [3.63, 3.8) is 0 Å². The number of carboxylic acid groups (broad SMARTS) is 1. The standard InChI is InChI=1S/C24H22N2O4/c1-15-8-19-9-16(14-29-22-5-3-2-4-18(22)12-23(27)28)10-21(24(19)30-15)17-6-7-26-20(11-17)13-25/h2-11H,12-14,25H2,1H3,(H,27,28). The van der Waals surface area contributed by atoms with Gasteiger partial charge in [-0.25, -0.2) is 0 Å². The van der Waals surface area contributed by atoms with Crippen molar-refractivity contribution < 1.29 is 19.1 Å². The van der Waals surface area contributed by atoms with E-state index < -0.39 is 5.97 Å². The van der Waals surface area contributed by atoms with Crippen LogP contribution in [0.15, 0.2) is 65.2 Å². The van der Waals surface area contributed by atoms with Crippen molar-refractivity contribution in [2.24, 2.45) is 5.73 Å². The van der Waals surface area contributed by atoms with Gasteiger partial charge in [-0.15, -0.1) is 0 Å². The lowest BCUT2D eigenvalue weighted by Crippen LogP contribution is -2.04. The number of ether oxygens (including phenoxy) is 1. The smallest absolute Gasteiger partial charge is 0.307 e. The number of carboxylic acids is 1. The van der Waals surface area contributed by atoms with Gasteiger partial charge < -0.3 is 20.0 Å². The van der Waals surface area contributed by atoms with Crippen LogP contribution in [0.25, 0.3) is 22.1 Å². The number of furan rings is 1. The number of nitrogens with two attached hydrogens (primary N) is 1. The van der Waals surface area contributed by atoms with E-state index in [4.69, 9.17) is 20.0 Å². The van der Waals surface area contributed by atoms with Crippen molar-refractivity contribution in [3.8, 4) is 16.9 Å². The Hall–Kier alpha value is -3.64. The Morgan fingerprint density at radius 2 is 2.00 bits per heavy atom. The van der Waals surface area contributed by atoms with Gasteiger partial charge in [-0.2, -0.15) is 0 Å². The van der Waals surface area contributed by atoms with E-state index in [9.17, 15) is 4.79 Å². The lowest BCUT2D eigenvalue weighted by molar-refractivity contribution is -0.136. The van der Waals surface area contributed by atoms with Crippen LogP contribution in [-0.4, -0.2) is 16.1 Å². The summed E-state index contributed by atoms with van der Waals surface area (Å²) in [4.78, 5) is 15.4. The molecule has 152 valence electrons. The molecule has 0 amide bonds. The van der Waals surface area contributed by atoms with Gasteiger partial charge in [0.1, 0.15) is 23.7 Å². The molecule has 0 unspecified atom stereocenters. The number of para-hydroxylation sites is 1.